The summed E-state index contributed by atoms with van der Waals surface area (Å²) in [4.78, 5) is 24.2. The second kappa shape index (κ2) is 5.20. The first-order valence-corrected chi connectivity index (χ1v) is 7.05. The number of hydrogen-bond acceptors (Lipinski definition) is 4. The summed E-state index contributed by atoms with van der Waals surface area (Å²) in [5.74, 6) is 0.480. The molecule has 0 saturated carbocycles. The van der Waals surface area contributed by atoms with E-state index in [-0.39, 0.29) is 5.63 Å². The van der Waals surface area contributed by atoms with Crippen LogP contribution in [0, 0.1) is 5.92 Å². The van der Waals surface area contributed by atoms with Gasteiger partial charge < -0.3 is 8.83 Å². The lowest BCUT2D eigenvalue weighted by atomic mass is 10.0. The molecule has 2 aromatic heterocycles. The van der Waals surface area contributed by atoms with Crippen molar-refractivity contribution < 1.29 is 8.83 Å². The van der Waals surface area contributed by atoms with Gasteiger partial charge in [0.15, 0.2) is 5.58 Å². The molecule has 0 aliphatic rings. The first-order valence-electron chi connectivity index (χ1n) is 7.05. The van der Waals surface area contributed by atoms with Crippen molar-refractivity contribution in [3.8, 4) is 0 Å². The van der Waals surface area contributed by atoms with Crippen LogP contribution in [0.15, 0.2) is 48.8 Å². The number of hydrogen-bond donors (Lipinski definition) is 0. The summed E-state index contributed by atoms with van der Waals surface area (Å²) in [6, 6.07) is 8.66. The minimum Gasteiger partial charge on any atom is -0.422 e. The fourth-order valence-corrected chi connectivity index (χ4v) is 2.38. The maximum Gasteiger partial charge on any atom is 0.347 e. The van der Waals surface area contributed by atoms with Crippen molar-refractivity contribution in [2.75, 3.05) is 0 Å². The maximum atomic E-state index is 12.1. The van der Waals surface area contributed by atoms with E-state index in [1.807, 2.05) is 6.07 Å². The molecule has 21 heavy (non-hydrogen) atoms. The minimum absolute atomic E-state index is 0.306. The van der Waals surface area contributed by atoms with Gasteiger partial charge in [-0.3, -0.25) is 0 Å². The molecule has 4 heteroatoms. The van der Waals surface area contributed by atoms with Crippen LogP contribution >= 0.6 is 0 Å². The van der Waals surface area contributed by atoms with Gasteiger partial charge in [-0.05, 0) is 37.0 Å². The Morgan fingerprint density at radius 3 is 2.52 bits per heavy atom. The predicted molar refractivity (Wildman–Crippen MR) is 81.7 cm³/mol. The molecule has 0 fully saturated rings. The van der Waals surface area contributed by atoms with E-state index in [2.05, 4.69) is 13.8 Å². The predicted octanol–water partition coefficient (Wildman–Crippen LogP) is 3.49. The lowest BCUT2D eigenvalue weighted by Gasteiger charge is -2.05. The number of fused-ring (bicyclic) bond motifs is 3. The summed E-state index contributed by atoms with van der Waals surface area (Å²) < 4.78 is 10.7. The molecular formula is C17H16O4. The van der Waals surface area contributed by atoms with Crippen molar-refractivity contribution in [2.24, 2.45) is 5.92 Å². The molecule has 4 nitrogen and oxygen atoms in total. The van der Waals surface area contributed by atoms with Crippen molar-refractivity contribution in [1.82, 2.24) is 0 Å². The molecule has 0 aliphatic heterocycles. The molecule has 108 valence electrons. The first-order chi connectivity index (χ1) is 10.1. The van der Waals surface area contributed by atoms with Gasteiger partial charge in [-0.1, -0.05) is 26.0 Å². The Kier molecular flexibility index (Phi) is 3.37. The van der Waals surface area contributed by atoms with Crippen molar-refractivity contribution in [2.45, 2.75) is 26.7 Å². The number of para-hydroxylation sites is 1. The zero-order valence-corrected chi connectivity index (χ0v) is 12.0. The van der Waals surface area contributed by atoms with Crippen LogP contribution in [0.4, 0.5) is 0 Å². The molecule has 3 aromatic rings. The molecule has 0 bridgehead atoms. The van der Waals surface area contributed by atoms with Crippen LogP contribution < -0.4 is 11.3 Å². The molecule has 1 aromatic carbocycles. The second-order valence-electron chi connectivity index (χ2n) is 5.62. The van der Waals surface area contributed by atoms with Gasteiger partial charge in [0.1, 0.15) is 11.0 Å². The highest BCUT2D eigenvalue weighted by molar-refractivity contribution is 6.00. The largest absolute Gasteiger partial charge is 0.422 e. The van der Waals surface area contributed by atoms with Gasteiger partial charge in [-0.2, -0.15) is 0 Å². The quantitative estimate of drug-likeness (QED) is 0.545. The number of aryl methyl sites for hydroxylation is 1. The Balaban J connectivity index is 2.27. The molecule has 0 N–H and O–H groups in total. The Labute approximate surface area is 121 Å². The molecule has 0 amide bonds. The third-order valence-electron chi connectivity index (χ3n) is 3.57. The highest BCUT2D eigenvalue weighted by Crippen LogP contribution is 2.22. The Morgan fingerprint density at radius 2 is 1.76 bits per heavy atom. The van der Waals surface area contributed by atoms with E-state index in [0.29, 0.717) is 39.8 Å². The summed E-state index contributed by atoms with van der Waals surface area (Å²) in [5, 5.41) is 0.965. The average Bonchev–Trinajstić information content (AvgIpc) is 2.45. The average molecular weight is 284 g/mol. The maximum absolute atomic E-state index is 12.1. The van der Waals surface area contributed by atoms with Crippen LogP contribution in [0.3, 0.4) is 0 Å². The highest BCUT2D eigenvalue weighted by atomic mass is 16.4. The zero-order valence-electron chi connectivity index (χ0n) is 12.0. The van der Waals surface area contributed by atoms with Crippen LogP contribution in [0.5, 0.6) is 0 Å². The smallest absolute Gasteiger partial charge is 0.347 e. The van der Waals surface area contributed by atoms with Gasteiger partial charge in [0, 0.05) is 5.56 Å². The van der Waals surface area contributed by atoms with Gasteiger partial charge in [0.05, 0.1) is 5.39 Å². The molecule has 2 heterocycles. The first kappa shape index (κ1) is 13.6. The number of rotatable bonds is 3. The van der Waals surface area contributed by atoms with Crippen molar-refractivity contribution in [3.05, 3.63) is 56.7 Å². The molecule has 3 rings (SSSR count). The third-order valence-corrected chi connectivity index (χ3v) is 3.57. The summed E-state index contributed by atoms with van der Waals surface area (Å²) in [7, 11) is 0. The van der Waals surface area contributed by atoms with Gasteiger partial charge in [0.25, 0.3) is 0 Å². The van der Waals surface area contributed by atoms with Crippen LogP contribution in [0.1, 0.15) is 25.8 Å². The van der Waals surface area contributed by atoms with Crippen LogP contribution in [-0.2, 0) is 6.42 Å². The van der Waals surface area contributed by atoms with Crippen molar-refractivity contribution in [3.63, 3.8) is 0 Å². The Hall–Kier alpha value is -2.36. The molecule has 0 radical (unpaired) electrons. The lowest BCUT2D eigenvalue weighted by Crippen LogP contribution is -2.11. The molecule has 0 aliphatic carbocycles. The van der Waals surface area contributed by atoms with Gasteiger partial charge in [0.2, 0.25) is 0 Å². The topological polar surface area (TPSA) is 60.4 Å². The normalized spacial score (nSPS) is 11.6. The molecule has 0 saturated heterocycles. The number of benzene rings is 1. The van der Waals surface area contributed by atoms with E-state index < -0.39 is 5.63 Å². The molecule has 0 unspecified atom stereocenters. The van der Waals surface area contributed by atoms with E-state index in [1.54, 1.807) is 24.3 Å². The summed E-state index contributed by atoms with van der Waals surface area (Å²) >= 11 is 0. The fraction of sp³-hybridized carbons (Fsp3) is 0.294. The van der Waals surface area contributed by atoms with Crippen LogP contribution in [0.2, 0.25) is 0 Å². The van der Waals surface area contributed by atoms with Crippen molar-refractivity contribution in [1.29, 1.82) is 0 Å². The SMILES string of the molecule is CC(C)CCc1cc2c(=O)oc3ccccc3c2oc1=O. The van der Waals surface area contributed by atoms with Gasteiger partial charge in [-0.15, -0.1) is 0 Å². The standard InChI is InChI=1S/C17H16O4/c1-10(2)7-8-11-9-13-15(21-16(11)18)12-5-3-4-6-14(12)20-17(13)19/h3-6,9-10H,7-8H2,1-2H3. The highest BCUT2D eigenvalue weighted by Gasteiger charge is 2.13. The fourth-order valence-electron chi connectivity index (χ4n) is 2.38. The molecule has 0 spiro atoms. The van der Waals surface area contributed by atoms with Crippen LogP contribution in [0.25, 0.3) is 21.9 Å². The van der Waals surface area contributed by atoms with Crippen molar-refractivity contribution >= 4 is 21.9 Å². The minimum atomic E-state index is -0.474. The summed E-state index contributed by atoms with van der Waals surface area (Å²) in [6.45, 7) is 4.18. The Morgan fingerprint density at radius 1 is 1.00 bits per heavy atom. The Bertz CT molecular complexity index is 915. The van der Waals surface area contributed by atoms with E-state index in [1.165, 1.54) is 0 Å². The third kappa shape index (κ3) is 2.49. The van der Waals surface area contributed by atoms with E-state index in [4.69, 9.17) is 8.83 Å². The van der Waals surface area contributed by atoms with Gasteiger partial charge in [-0.25, -0.2) is 9.59 Å². The van der Waals surface area contributed by atoms with Crippen LogP contribution in [-0.4, -0.2) is 0 Å². The summed E-state index contributed by atoms with van der Waals surface area (Å²) in [6.07, 6.45) is 1.47. The monoisotopic (exact) mass is 284 g/mol. The van der Waals surface area contributed by atoms with E-state index in [9.17, 15) is 9.59 Å². The molecular weight excluding hydrogens is 268 g/mol. The summed E-state index contributed by atoms with van der Waals surface area (Å²) in [5.41, 5.74) is 0.407. The zero-order chi connectivity index (χ0) is 15.0. The van der Waals surface area contributed by atoms with Gasteiger partial charge >= 0.3 is 11.3 Å². The second-order valence-corrected chi connectivity index (χ2v) is 5.62. The van der Waals surface area contributed by atoms with E-state index in [0.717, 1.165) is 6.42 Å². The van der Waals surface area contributed by atoms with E-state index >= 15 is 0 Å². The lowest BCUT2D eigenvalue weighted by molar-refractivity contribution is 0.524. The molecule has 0 atom stereocenters.